The van der Waals surface area contributed by atoms with Crippen molar-refractivity contribution < 1.29 is 14.3 Å². The first-order chi connectivity index (χ1) is 10.2. The maximum Gasteiger partial charge on any atom is 0.228 e. The Kier molecular flexibility index (Phi) is 4.26. The zero-order chi connectivity index (χ0) is 14.7. The molecule has 6 heteroatoms. The van der Waals surface area contributed by atoms with Crippen molar-refractivity contribution in [3.05, 3.63) is 18.7 Å². The number of nitrogens with zero attached hydrogens (tertiary/aromatic N) is 2. The van der Waals surface area contributed by atoms with Gasteiger partial charge in [-0.05, 0) is 26.2 Å². The molecule has 0 radical (unpaired) electrons. The molecule has 0 aromatic carbocycles. The second kappa shape index (κ2) is 6.15. The van der Waals surface area contributed by atoms with Crippen molar-refractivity contribution in [2.45, 2.75) is 44.9 Å². The minimum absolute atomic E-state index is 0.0308. The summed E-state index contributed by atoms with van der Waals surface area (Å²) in [7, 11) is 0. The van der Waals surface area contributed by atoms with Gasteiger partial charge in [0.05, 0.1) is 24.4 Å². The molecule has 0 unspecified atom stereocenters. The van der Waals surface area contributed by atoms with E-state index < -0.39 is 0 Å². The molecule has 1 amide bonds. The normalized spacial score (nSPS) is 27.3. The van der Waals surface area contributed by atoms with Gasteiger partial charge < -0.3 is 19.4 Å². The number of amides is 1. The van der Waals surface area contributed by atoms with E-state index in [1.54, 1.807) is 12.5 Å². The lowest BCUT2D eigenvalue weighted by Crippen LogP contribution is -2.52. The number of rotatable bonds is 6. The van der Waals surface area contributed by atoms with Gasteiger partial charge in [-0.25, -0.2) is 4.98 Å². The molecule has 2 atom stereocenters. The standard InChI is InChI=1S/C15H23N3O3/c1-2-21-13-9-20-8-3-12(13)17-14(19)15(4-5-15)10-18-7-6-16-11-18/h6-7,11-13H,2-5,8-10H2,1H3,(H,17,19)/t12-,13-/m1/s1. The smallest absolute Gasteiger partial charge is 0.228 e. The van der Waals surface area contributed by atoms with Crippen molar-refractivity contribution in [1.29, 1.82) is 0 Å². The Hall–Kier alpha value is -1.40. The number of aromatic nitrogens is 2. The second-order valence-electron chi connectivity index (χ2n) is 5.95. The summed E-state index contributed by atoms with van der Waals surface area (Å²) in [6.07, 6.45) is 8.10. The predicted octanol–water partition coefficient (Wildman–Crippen LogP) is 0.974. The quantitative estimate of drug-likeness (QED) is 0.849. The van der Waals surface area contributed by atoms with Crippen LogP contribution in [0.2, 0.25) is 0 Å². The molecule has 0 bridgehead atoms. The van der Waals surface area contributed by atoms with Gasteiger partial charge in [-0.1, -0.05) is 0 Å². The van der Waals surface area contributed by atoms with E-state index >= 15 is 0 Å². The first kappa shape index (κ1) is 14.5. The summed E-state index contributed by atoms with van der Waals surface area (Å²) in [5, 5.41) is 3.19. The lowest BCUT2D eigenvalue weighted by molar-refractivity contribution is -0.131. The first-order valence-electron chi connectivity index (χ1n) is 7.69. The summed E-state index contributed by atoms with van der Waals surface area (Å²) >= 11 is 0. The molecule has 1 saturated carbocycles. The molecule has 2 fully saturated rings. The van der Waals surface area contributed by atoms with Crippen LogP contribution in [0.1, 0.15) is 26.2 Å². The summed E-state index contributed by atoms with van der Waals surface area (Å²) < 4.78 is 13.1. The van der Waals surface area contributed by atoms with E-state index in [2.05, 4.69) is 10.3 Å². The van der Waals surface area contributed by atoms with Crippen LogP contribution < -0.4 is 5.32 Å². The molecule has 1 saturated heterocycles. The van der Waals surface area contributed by atoms with Gasteiger partial charge in [0.2, 0.25) is 5.91 Å². The van der Waals surface area contributed by atoms with Crippen LogP contribution in [0.4, 0.5) is 0 Å². The van der Waals surface area contributed by atoms with E-state index in [1.807, 2.05) is 17.7 Å². The summed E-state index contributed by atoms with van der Waals surface area (Å²) in [4.78, 5) is 16.7. The van der Waals surface area contributed by atoms with Crippen LogP contribution in [0, 0.1) is 5.41 Å². The molecule has 0 spiro atoms. The molecule has 21 heavy (non-hydrogen) atoms. The van der Waals surface area contributed by atoms with Crippen LogP contribution in [-0.4, -0.2) is 47.4 Å². The zero-order valence-corrected chi connectivity index (χ0v) is 12.5. The third kappa shape index (κ3) is 3.27. The fourth-order valence-electron chi connectivity index (χ4n) is 2.91. The fourth-order valence-corrected chi connectivity index (χ4v) is 2.91. The first-order valence-corrected chi connectivity index (χ1v) is 7.69. The molecule has 1 aromatic rings. The number of imidazole rings is 1. The third-order valence-corrected chi connectivity index (χ3v) is 4.38. The molecular weight excluding hydrogens is 270 g/mol. The summed E-state index contributed by atoms with van der Waals surface area (Å²) in [6.45, 7) is 4.56. The van der Waals surface area contributed by atoms with E-state index in [1.165, 1.54) is 0 Å². The number of carbonyl (C=O) groups excluding carboxylic acids is 1. The van der Waals surface area contributed by atoms with Crippen LogP contribution in [0.15, 0.2) is 18.7 Å². The number of hydrogen-bond donors (Lipinski definition) is 1. The van der Waals surface area contributed by atoms with Gasteiger partial charge in [0.15, 0.2) is 0 Å². The monoisotopic (exact) mass is 293 g/mol. The summed E-state index contributed by atoms with van der Waals surface area (Å²) in [6, 6.07) is 0.0615. The molecule has 1 N–H and O–H groups in total. The van der Waals surface area contributed by atoms with E-state index in [4.69, 9.17) is 9.47 Å². The van der Waals surface area contributed by atoms with Gasteiger partial charge in [0.25, 0.3) is 0 Å². The summed E-state index contributed by atoms with van der Waals surface area (Å²) in [5.41, 5.74) is -0.254. The van der Waals surface area contributed by atoms with Gasteiger partial charge in [-0.2, -0.15) is 0 Å². The highest BCUT2D eigenvalue weighted by molar-refractivity contribution is 5.85. The molecule has 1 aliphatic carbocycles. The molecular formula is C15H23N3O3. The van der Waals surface area contributed by atoms with Crippen LogP contribution in [0.3, 0.4) is 0 Å². The lowest BCUT2D eigenvalue weighted by Gasteiger charge is -2.33. The van der Waals surface area contributed by atoms with Crippen molar-refractivity contribution in [3.8, 4) is 0 Å². The minimum atomic E-state index is -0.254. The van der Waals surface area contributed by atoms with Crippen molar-refractivity contribution in [1.82, 2.24) is 14.9 Å². The topological polar surface area (TPSA) is 65.4 Å². The Morgan fingerprint density at radius 3 is 3.10 bits per heavy atom. The van der Waals surface area contributed by atoms with Gasteiger partial charge in [0.1, 0.15) is 6.10 Å². The Balaban J connectivity index is 1.59. The van der Waals surface area contributed by atoms with Crippen molar-refractivity contribution in [2.24, 2.45) is 5.41 Å². The van der Waals surface area contributed by atoms with E-state index in [0.29, 0.717) is 26.4 Å². The van der Waals surface area contributed by atoms with Gasteiger partial charge in [0, 0.05) is 32.2 Å². The highest BCUT2D eigenvalue weighted by atomic mass is 16.5. The van der Waals surface area contributed by atoms with E-state index in [0.717, 1.165) is 19.3 Å². The van der Waals surface area contributed by atoms with Crippen LogP contribution in [0.5, 0.6) is 0 Å². The van der Waals surface area contributed by atoms with Crippen LogP contribution in [0.25, 0.3) is 0 Å². The maximum absolute atomic E-state index is 12.6. The molecule has 1 aliphatic heterocycles. The van der Waals surface area contributed by atoms with E-state index in [-0.39, 0.29) is 23.5 Å². The van der Waals surface area contributed by atoms with Crippen molar-refractivity contribution >= 4 is 5.91 Å². The Morgan fingerprint density at radius 2 is 2.43 bits per heavy atom. The van der Waals surface area contributed by atoms with Crippen molar-refractivity contribution in [2.75, 3.05) is 19.8 Å². The number of ether oxygens (including phenoxy) is 2. The number of nitrogens with one attached hydrogen (secondary N) is 1. The Bertz CT molecular complexity index is 469. The number of carbonyl (C=O) groups is 1. The SMILES string of the molecule is CCO[C@@H]1COCC[C@H]1NC(=O)C1(Cn2ccnc2)CC1. The van der Waals surface area contributed by atoms with Gasteiger partial charge in [-0.3, -0.25) is 4.79 Å². The van der Waals surface area contributed by atoms with Crippen LogP contribution in [-0.2, 0) is 20.8 Å². The number of hydrogen-bond acceptors (Lipinski definition) is 4. The predicted molar refractivity (Wildman–Crippen MR) is 76.7 cm³/mol. The lowest BCUT2D eigenvalue weighted by atomic mass is 10.0. The minimum Gasteiger partial charge on any atom is -0.379 e. The Labute approximate surface area is 124 Å². The zero-order valence-electron chi connectivity index (χ0n) is 12.5. The largest absolute Gasteiger partial charge is 0.379 e. The second-order valence-corrected chi connectivity index (χ2v) is 5.95. The summed E-state index contributed by atoms with van der Waals surface area (Å²) in [5.74, 6) is 0.146. The van der Waals surface area contributed by atoms with Crippen LogP contribution >= 0.6 is 0 Å². The highest BCUT2D eigenvalue weighted by Gasteiger charge is 2.50. The van der Waals surface area contributed by atoms with Gasteiger partial charge in [-0.15, -0.1) is 0 Å². The maximum atomic E-state index is 12.6. The average molecular weight is 293 g/mol. The molecule has 6 nitrogen and oxygen atoms in total. The highest BCUT2D eigenvalue weighted by Crippen LogP contribution is 2.47. The molecule has 116 valence electrons. The molecule has 2 heterocycles. The molecule has 2 aliphatic rings. The molecule has 3 rings (SSSR count). The van der Waals surface area contributed by atoms with Crippen molar-refractivity contribution in [3.63, 3.8) is 0 Å². The molecule has 1 aromatic heterocycles. The average Bonchev–Trinajstić information content (AvgIpc) is 3.08. The Morgan fingerprint density at radius 1 is 1.57 bits per heavy atom. The fraction of sp³-hybridized carbons (Fsp3) is 0.733. The third-order valence-electron chi connectivity index (χ3n) is 4.38. The van der Waals surface area contributed by atoms with Gasteiger partial charge >= 0.3 is 0 Å². The van der Waals surface area contributed by atoms with E-state index in [9.17, 15) is 4.79 Å².